The summed E-state index contributed by atoms with van der Waals surface area (Å²) in [5, 5.41) is 0.629. The van der Waals surface area contributed by atoms with E-state index in [9.17, 15) is 0 Å². The lowest BCUT2D eigenvalue weighted by molar-refractivity contribution is -0.274. The first kappa shape index (κ1) is 45.0. The molecule has 0 radical (unpaired) electrons. The summed E-state index contributed by atoms with van der Waals surface area (Å²) in [6.45, 7) is 12.5. The first-order valence-corrected chi connectivity index (χ1v) is 22.2. The third-order valence-corrected chi connectivity index (χ3v) is 12.1. The van der Waals surface area contributed by atoms with Crippen LogP contribution in [0.2, 0.25) is 0 Å². The van der Waals surface area contributed by atoms with Gasteiger partial charge in [-0.1, -0.05) is 189 Å². The highest BCUT2D eigenvalue weighted by Crippen LogP contribution is 2.43. The molecule has 6 atom stereocenters. The maximum atomic E-state index is 7.31. The van der Waals surface area contributed by atoms with E-state index in [4.69, 9.17) is 40.0 Å². The molecule has 0 bridgehead atoms. The molecule has 1 aliphatic carbocycles. The summed E-state index contributed by atoms with van der Waals surface area (Å²) >= 11 is 7.28. The van der Waals surface area contributed by atoms with Crippen LogP contribution in [0, 0.1) is 5.92 Å². The lowest BCUT2D eigenvalue weighted by atomic mass is 9.78. The monoisotopic (exact) mass is 850 g/mol. The summed E-state index contributed by atoms with van der Waals surface area (Å²) in [6.07, 6.45) is 4.06. The Morgan fingerprint density at radius 2 is 1.08 bits per heavy atom. The topological polar surface area (TPSA) is 55.4 Å². The van der Waals surface area contributed by atoms with Crippen LogP contribution >= 0.6 is 11.6 Å². The fourth-order valence-electron chi connectivity index (χ4n) is 8.37. The number of ether oxygens (including phenoxy) is 6. The average molecular weight is 852 g/mol. The molecular weight excluding hydrogens is 792 g/mol. The zero-order valence-corrected chi connectivity index (χ0v) is 36.5. The van der Waals surface area contributed by atoms with Gasteiger partial charge in [-0.15, -0.1) is 0 Å². The van der Waals surface area contributed by atoms with Gasteiger partial charge in [0.25, 0.3) is 0 Å². The summed E-state index contributed by atoms with van der Waals surface area (Å²) in [7, 11) is 0. The van der Waals surface area contributed by atoms with Gasteiger partial charge in [-0.3, -0.25) is 0 Å². The third kappa shape index (κ3) is 12.3. The molecule has 1 heterocycles. The highest BCUT2D eigenvalue weighted by Gasteiger charge is 2.49. The standard InChI is InChI=1S/C55H59ClO6/c1-4-31-58-52-48(6-3)46(33-47(51(52)56)32-41-29-27-40(5-2)28-30-41)34-49-53(59-36-43-21-13-8-14-22-43)55(61-38-45-25-17-10-18-26-45)54(60-37-44-23-15-9-16-24-44)50(62-49)39-57-35-42-19-11-7-12-20-42/h4,6-30,46,49-50,53-55H,1,3,5,31-39H2,2H3/t46?,49?,50-,53+,54-,55?/m1/s1. The van der Waals surface area contributed by atoms with Crippen LogP contribution in [0.5, 0.6) is 0 Å². The summed E-state index contributed by atoms with van der Waals surface area (Å²) in [5.74, 6) is 0.578. The van der Waals surface area contributed by atoms with E-state index in [-0.39, 0.29) is 12.5 Å². The highest BCUT2D eigenvalue weighted by molar-refractivity contribution is 6.32. The quantitative estimate of drug-likeness (QED) is 0.0647. The van der Waals surface area contributed by atoms with Crippen molar-refractivity contribution in [1.29, 1.82) is 0 Å². The fourth-order valence-corrected chi connectivity index (χ4v) is 8.68. The Balaban J connectivity index is 1.26. The van der Waals surface area contributed by atoms with Gasteiger partial charge in [0.05, 0.1) is 44.2 Å². The second kappa shape index (κ2) is 23.4. The number of rotatable bonds is 22. The van der Waals surface area contributed by atoms with Crippen LogP contribution in [0.4, 0.5) is 0 Å². The molecule has 3 unspecified atom stereocenters. The zero-order valence-electron chi connectivity index (χ0n) is 35.8. The second-order valence-electron chi connectivity index (χ2n) is 16.0. The maximum absolute atomic E-state index is 7.31. The van der Waals surface area contributed by atoms with Crippen molar-refractivity contribution in [2.75, 3.05) is 13.2 Å². The van der Waals surface area contributed by atoms with E-state index in [2.05, 4.69) is 92.9 Å². The molecule has 322 valence electrons. The van der Waals surface area contributed by atoms with E-state index < -0.39 is 30.5 Å². The van der Waals surface area contributed by atoms with Crippen molar-refractivity contribution in [2.45, 2.75) is 89.6 Å². The van der Waals surface area contributed by atoms with Crippen LogP contribution in [0.15, 0.2) is 193 Å². The van der Waals surface area contributed by atoms with E-state index >= 15 is 0 Å². The Morgan fingerprint density at radius 1 is 0.597 bits per heavy atom. The molecule has 5 aromatic rings. The number of hydrogen-bond acceptors (Lipinski definition) is 6. The van der Waals surface area contributed by atoms with Gasteiger partial charge < -0.3 is 28.4 Å². The Kier molecular flexibility index (Phi) is 17.0. The smallest absolute Gasteiger partial charge is 0.141 e. The van der Waals surface area contributed by atoms with Crippen molar-refractivity contribution in [2.24, 2.45) is 5.92 Å². The lowest BCUT2D eigenvalue weighted by Crippen LogP contribution is -2.61. The minimum Gasteiger partial charge on any atom is -0.488 e. The Hall–Kier alpha value is -5.05. The van der Waals surface area contributed by atoms with Gasteiger partial charge in [-0.05, 0) is 76.1 Å². The first-order chi connectivity index (χ1) is 30.5. The van der Waals surface area contributed by atoms with Gasteiger partial charge in [0.1, 0.15) is 36.8 Å². The van der Waals surface area contributed by atoms with Gasteiger partial charge in [-0.2, -0.15) is 0 Å². The number of hydrogen-bond donors (Lipinski definition) is 0. The predicted molar refractivity (Wildman–Crippen MR) is 248 cm³/mol. The summed E-state index contributed by atoms with van der Waals surface area (Å²) in [4.78, 5) is 0. The molecule has 0 saturated carbocycles. The Bertz CT molecular complexity index is 2190. The Morgan fingerprint density at radius 3 is 1.58 bits per heavy atom. The van der Waals surface area contributed by atoms with Crippen LogP contribution in [-0.4, -0.2) is 43.7 Å². The molecule has 1 saturated heterocycles. The van der Waals surface area contributed by atoms with Crippen LogP contribution < -0.4 is 0 Å². The van der Waals surface area contributed by atoms with E-state index in [1.807, 2.05) is 78.9 Å². The largest absolute Gasteiger partial charge is 0.488 e. The highest BCUT2D eigenvalue weighted by atomic mass is 35.5. The molecule has 5 aromatic carbocycles. The van der Waals surface area contributed by atoms with Gasteiger partial charge >= 0.3 is 0 Å². The average Bonchev–Trinajstić information content (AvgIpc) is 3.32. The van der Waals surface area contributed by atoms with Crippen molar-refractivity contribution in [3.8, 4) is 0 Å². The van der Waals surface area contributed by atoms with E-state index in [0.717, 1.165) is 39.8 Å². The molecular formula is C55H59ClO6. The second-order valence-corrected chi connectivity index (χ2v) is 16.4. The fraction of sp³-hybridized carbons (Fsp3) is 0.309. The predicted octanol–water partition coefficient (Wildman–Crippen LogP) is 12.1. The molecule has 6 nitrogen and oxygen atoms in total. The molecule has 2 aliphatic rings. The zero-order chi connectivity index (χ0) is 42.9. The SMILES string of the molecule is C=CCOC1=C(C=C)C(CC2O[C@H](COCc3ccccc3)[C@@H](OCc3ccccc3)C(OCc3ccccc3)[C@H]2OCc2ccccc2)CC(Cc2ccc(CC)cc2)=C1Cl. The Labute approximate surface area is 373 Å². The van der Waals surface area contributed by atoms with Crippen LogP contribution in [0.3, 0.4) is 0 Å². The minimum atomic E-state index is -0.532. The molecule has 0 aromatic heterocycles. The van der Waals surface area contributed by atoms with Crippen LogP contribution in [-0.2, 0) is 67.7 Å². The van der Waals surface area contributed by atoms with Crippen molar-refractivity contribution in [3.05, 3.63) is 226 Å². The van der Waals surface area contributed by atoms with Crippen molar-refractivity contribution in [1.82, 2.24) is 0 Å². The lowest BCUT2D eigenvalue weighted by Gasteiger charge is -2.47. The molecule has 7 heteroatoms. The van der Waals surface area contributed by atoms with Crippen LogP contribution in [0.25, 0.3) is 0 Å². The van der Waals surface area contributed by atoms with Gasteiger partial charge in [-0.25, -0.2) is 0 Å². The summed E-state index contributed by atoms with van der Waals surface area (Å²) < 4.78 is 41.2. The molecule has 0 spiro atoms. The maximum Gasteiger partial charge on any atom is 0.141 e. The van der Waals surface area contributed by atoms with Crippen molar-refractivity contribution >= 4 is 11.6 Å². The minimum absolute atomic E-state index is 0.0602. The molecule has 7 rings (SSSR count). The van der Waals surface area contributed by atoms with Gasteiger partial charge in [0.15, 0.2) is 0 Å². The van der Waals surface area contributed by atoms with E-state index in [1.165, 1.54) is 11.1 Å². The summed E-state index contributed by atoms with van der Waals surface area (Å²) in [5.41, 5.74) is 8.78. The van der Waals surface area contributed by atoms with E-state index in [0.29, 0.717) is 63.1 Å². The molecule has 1 aliphatic heterocycles. The number of aryl methyl sites for hydroxylation is 1. The van der Waals surface area contributed by atoms with E-state index in [1.54, 1.807) is 6.08 Å². The van der Waals surface area contributed by atoms with Crippen molar-refractivity contribution in [3.63, 3.8) is 0 Å². The first-order valence-electron chi connectivity index (χ1n) is 21.8. The number of benzene rings is 5. The molecule has 0 N–H and O–H groups in total. The normalized spacial score (nSPS) is 21.5. The van der Waals surface area contributed by atoms with Crippen LogP contribution in [0.1, 0.15) is 53.1 Å². The summed E-state index contributed by atoms with van der Waals surface area (Å²) in [6, 6.07) is 49.7. The van der Waals surface area contributed by atoms with Gasteiger partial charge in [0, 0.05) is 0 Å². The molecule has 0 amide bonds. The van der Waals surface area contributed by atoms with Crippen molar-refractivity contribution < 1.29 is 28.4 Å². The van der Waals surface area contributed by atoms with Gasteiger partial charge in [0.2, 0.25) is 0 Å². The number of halogens is 1. The molecule has 1 fully saturated rings. The molecule has 62 heavy (non-hydrogen) atoms. The number of allylic oxidation sites excluding steroid dienone is 4. The third-order valence-electron chi connectivity index (χ3n) is 11.6.